The summed E-state index contributed by atoms with van der Waals surface area (Å²) in [6.45, 7) is 3.88. The molecule has 0 spiro atoms. The van der Waals surface area contributed by atoms with Gasteiger partial charge in [-0.05, 0) is 24.8 Å². The lowest BCUT2D eigenvalue weighted by molar-refractivity contribution is -0.132. The van der Waals surface area contributed by atoms with Crippen molar-refractivity contribution >= 4 is 41.8 Å². The van der Waals surface area contributed by atoms with Crippen LogP contribution in [-0.2, 0) is 11.3 Å². The number of aromatic nitrogens is 3. The number of hydrogen-bond acceptors (Lipinski definition) is 6. The molecule has 2 amide bonds. The minimum Gasteiger partial charge on any atom is -0.494 e. The third-order valence-electron chi connectivity index (χ3n) is 5.95. The minimum absolute atomic E-state index is 0. The quantitative estimate of drug-likeness (QED) is 0.505. The smallest absolute Gasteiger partial charge is 0.291 e. The topological polar surface area (TPSA) is 135 Å². The Balaban J connectivity index is 0.00000342. The molecule has 0 radical (unpaired) electrons. The number of alkyl halides is 2. The molecule has 0 atom stereocenters. The molecule has 3 heterocycles. The number of piperidine rings is 1. The zero-order valence-electron chi connectivity index (χ0n) is 19.5. The summed E-state index contributed by atoms with van der Waals surface area (Å²) in [5.41, 5.74) is 5.13. The van der Waals surface area contributed by atoms with Gasteiger partial charge in [-0.1, -0.05) is 13.8 Å². The number of nitrogens with two attached hydrogens (primary N) is 1. The van der Waals surface area contributed by atoms with Crippen LogP contribution in [-0.4, -0.2) is 61.1 Å². The molecule has 1 aliphatic carbocycles. The first-order valence-corrected chi connectivity index (χ1v) is 11.3. The molecular formula is C22H29ClF2N6O4. The lowest BCUT2D eigenvalue weighted by atomic mass is 10.1. The second-order valence-electron chi connectivity index (χ2n) is 9.30. The van der Waals surface area contributed by atoms with Crippen molar-refractivity contribution < 1.29 is 23.5 Å². The number of halogens is 3. The molecular weight excluding hydrogens is 486 g/mol. The summed E-state index contributed by atoms with van der Waals surface area (Å²) >= 11 is 0. The van der Waals surface area contributed by atoms with E-state index in [9.17, 15) is 28.3 Å². The van der Waals surface area contributed by atoms with E-state index >= 15 is 0 Å². The molecule has 0 aromatic carbocycles. The molecule has 4 rings (SSSR count). The molecule has 2 aromatic heterocycles. The van der Waals surface area contributed by atoms with Gasteiger partial charge in [-0.15, -0.1) is 17.5 Å². The van der Waals surface area contributed by atoms with Crippen LogP contribution in [0, 0.1) is 5.92 Å². The number of aromatic hydroxyl groups is 1. The Bertz CT molecular complexity index is 1220. The fourth-order valence-electron chi connectivity index (χ4n) is 3.97. The van der Waals surface area contributed by atoms with Crippen LogP contribution in [0.25, 0.3) is 11.7 Å². The molecule has 2 aromatic rings. The van der Waals surface area contributed by atoms with Crippen molar-refractivity contribution in [1.29, 1.82) is 0 Å². The van der Waals surface area contributed by atoms with Gasteiger partial charge in [0.1, 0.15) is 0 Å². The Morgan fingerprint density at radius 3 is 2.49 bits per heavy atom. The highest BCUT2D eigenvalue weighted by Crippen LogP contribution is 2.29. The number of carbonyl (C=O) groups excluding carboxylic acids is 2. The van der Waals surface area contributed by atoms with Crippen LogP contribution >= 0.6 is 12.4 Å². The molecule has 4 N–H and O–H groups in total. The standard InChI is InChI=1S/C22H28F2N6O4.ClH/c1-12(2)11-29-19-14(5-6-15(31)28-9-7-22(23,24)8-10-28)17(25)27-30(19)21(34)16(20(29)33)18(32)26-13-3-4-13;/h5-6,12-13,33H,3-4,7-11H2,1-2H3,(H2,25,27)(H,26,32);1H. The zero-order valence-corrected chi connectivity index (χ0v) is 20.3. The van der Waals surface area contributed by atoms with Gasteiger partial charge in [0, 0.05) is 44.6 Å². The highest BCUT2D eigenvalue weighted by Gasteiger charge is 2.35. The number of likely N-dealkylation sites (tertiary alicyclic amines) is 1. The van der Waals surface area contributed by atoms with Crippen molar-refractivity contribution in [1.82, 2.24) is 24.4 Å². The summed E-state index contributed by atoms with van der Waals surface area (Å²) < 4.78 is 29.1. The van der Waals surface area contributed by atoms with E-state index in [-0.39, 0.29) is 61.0 Å². The van der Waals surface area contributed by atoms with Crippen LogP contribution in [0.1, 0.15) is 55.5 Å². The first-order chi connectivity index (χ1) is 16.0. The summed E-state index contributed by atoms with van der Waals surface area (Å²) in [4.78, 5) is 39.6. The van der Waals surface area contributed by atoms with E-state index in [0.29, 0.717) is 0 Å². The number of amides is 2. The normalized spacial score (nSPS) is 17.7. The molecule has 13 heteroatoms. The maximum Gasteiger partial charge on any atom is 0.291 e. The fourth-order valence-corrected chi connectivity index (χ4v) is 3.97. The Morgan fingerprint density at radius 2 is 1.91 bits per heavy atom. The maximum absolute atomic E-state index is 13.4. The van der Waals surface area contributed by atoms with Gasteiger partial charge in [0.05, 0.1) is 5.56 Å². The molecule has 10 nitrogen and oxygen atoms in total. The third-order valence-corrected chi connectivity index (χ3v) is 5.95. The highest BCUT2D eigenvalue weighted by atomic mass is 35.5. The summed E-state index contributed by atoms with van der Waals surface area (Å²) in [6.07, 6.45) is 3.35. The molecule has 0 bridgehead atoms. The van der Waals surface area contributed by atoms with Crippen LogP contribution in [0.3, 0.4) is 0 Å². The highest BCUT2D eigenvalue weighted by molar-refractivity contribution is 5.97. The van der Waals surface area contributed by atoms with E-state index < -0.39 is 47.6 Å². The molecule has 35 heavy (non-hydrogen) atoms. The number of nitrogens with zero attached hydrogens (tertiary/aromatic N) is 4. The first-order valence-electron chi connectivity index (χ1n) is 11.3. The van der Waals surface area contributed by atoms with Crippen molar-refractivity contribution in [2.24, 2.45) is 5.92 Å². The van der Waals surface area contributed by atoms with Crippen LogP contribution in [0.15, 0.2) is 10.9 Å². The second-order valence-corrected chi connectivity index (χ2v) is 9.30. The summed E-state index contributed by atoms with van der Waals surface area (Å²) in [6, 6.07) is -0.0255. The number of anilines is 1. The summed E-state index contributed by atoms with van der Waals surface area (Å²) in [7, 11) is 0. The van der Waals surface area contributed by atoms with Crippen molar-refractivity contribution in [3.8, 4) is 5.88 Å². The van der Waals surface area contributed by atoms with E-state index in [4.69, 9.17) is 5.73 Å². The van der Waals surface area contributed by atoms with Gasteiger partial charge in [-0.25, -0.2) is 8.78 Å². The van der Waals surface area contributed by atoms with Gasteiger partial charge < -0.3 is 21.1 Å². The summed E-state index contributed by atoms with van der Waals surface area (Å²) in [5.74, 6) is -4.52. The largest absolute Gasteiger partial charge is 0.494 e. The van der Waals surface area contributed by atoms with Crippen molar-refractivity contribution in [2.45, 2.75) is 58.0 Å². The Hall–Kier alpha value is -3.15. The molecule has 1 saturated carbocycles. The van der Waals surface area contributed by atoms with E-state index in [1.165, 1.54) is 21.6 Å². The van der Waals surface area contributed by atoms with E-state index in [1.54, 1.807) is 0 Å². The number of carbonyl (C=O) groups is 2. The molecule has 1 saturated heterocycles. The van der Waals surface area contributed by atoms with E-state index in [1.807, 2.05) is 13.8 Å². The van der Waals surface area contributed by atoms with Gasteiger partial charge in [0.15, 0.2) is 17.0 Å². The number of nitrogens with one attached hydrogen (secondary N) is 1. The van der Waals surface area contributed by atoms with E-state index in [2.05, 4.69) is 10.4 Å². The SMILES string of the molecule is CC(C)Cn1c(O)c(C(=O)NC2CC2)c(=O)n2nc(N)c(C=CC(=O)N3CCC(F)(F)CC3)c12.Cl. The number of nitrogen functional groups attached to an aromatic ring is 1. The lowest BCUT2D eigenvalue weighted by Gasteiger charge is -2.30. The van der Waals surface area contributed by atoms with Gasteiger partial charge in [-0.2, -0.15) is 4.52 Å². The fraction of sp³-hybridized carbons (Fsp3) is 0.545. The number of hydrogen-bond donors (Lipinski definition) is 3. The van der Waals surface area contributed by atoms with Crippen LogP contribution in [0.2, 0.25) is 0 Å². The molecule has 1 aliphatic heterocycles. The molecule has 2 fully saturated rings. The monoisotopic (exact) mass is 514 g/mol. The maximum atomic E-state index is 13.4. The van der Waals surface area contributed by atoms with Crippen LogP contribution in [0.4, 0.5) is 14.6 Å². The first kappa shape index (κ1) is 26.5. The summed E-state index contributed by atoms with van der Waals surface area (Å²) in [5, 5.41) is 17.7. The number of fused-ring (bicyclic) bond motifs is 1. The van der Waals surface area contributed by atoms with Crippen molar-refractivity contribution in [3.63, 3.8) is 0 Å². The average Bonchev–Trinajstić information content (AvgIpc) is 3.50. The lowest BCUT2D eigenvalue weighted by Crippen LogP contribution is -2.42. The van der Waals surface area contributed by atoms with Gasteiger partial charge in [-0.3, -0.25) is 19.0 Å². The molecule has 0 unspecified atom stereocenters. The van der Waals surface area contributed by atoms with Gasteiger partial charge in [0.2, 0.25) is 11.8 Å². The predicted octanol–water partition coefficient (Wildman–Crippen LogP) is 2.02. The second kappa shape index (κ2) is 9.84. The Labute approximate surface area is 206 Å². The van der Waals surface area contributed by atoms with Crippen LogP contribution in [0.5, 0.6) is 5.88 Å². The van der Waals surface area contributed by atoms with Gasteiger partial charge >= 0.3 is 0 Å². The predicted molar refractivity (Wildman–Crippen MR) is 128 cm³/mol. The molecule has 192 valence electrons. The van der Waals surface area contributed by atoms with Gasteiger partial charge in [0.25, 0.3) is 17.4 Å². The Morgan fingerprint density at radius 1 is 1.29 bits per heavy atom. The number of rotatable bonds is 6. The minimum atomic E-state index is -2.78. The molecule has 2 aliphatic rings. The average molecular weight is 515 g/mol. The zero-order chi connectivity index (χ0) is 24.8. The Kier molecular flexibility index (Phi) is 7.44. The van der Waals surface area contributed by atoms with Crippen molar-refractivity contribution in [2.75, 3.05) is 18.8 Å². The van der Waals surface area contributed by atoms with Crippen molar-refractivity contribution in [3.05, 3.63) is 27.6 Å². The van der Waals surface area contributed by atoms with E-state index in [0.717, 1.165) is 17.4 Å². The van der Waals surface area contributed by atoms with Crippen LogP contribution < -0.4 is 16.6 Å². The third kappa shape index (κ3) is 5.42.